The highest BCUT2D eigenvalue weighted by atomic mass is 16.5. The minimum Gasteiger partial charge on any atom is -0.497 e. The van der Waals surface area contributed by atoms with Crippen molar-refractivity contribution >= 4 is 11.8 Å². The molecule has 0 saturated carbocycles. The zero-order chi connectivity index (χ0) is 27.5. The van der Waals surface area contributed by atoms with Crippen molar-refractivity contribution in [3.8, 4) is 17.2 Å². The van der Waals surface area contributed by atoms with Gasteiger partial charge in [-0.1, -0.05) is 62.4 Å². The number of ether oxygens (including phenoxy) is 3. The number of methoxy groups -OCH3 is 3. The molecule has 0 unspecified atom stereocenters. The number of nitrogens with zero attached hydrogens (tertiary/aromatic N) is 1. The molecule has 38 heavy (non-hydrogen) atoms. The van der Waals surface area contributed by atoms with E-state index in [-0.39, 0.29) is 30.7 Å². The van der Waals surface area contributed by atoms with Crippen LogP contribution in [0.15, 0.2) is 72.8 Å². The van der Waals surface area contributed by atoms with Crippen molar-refractivity contribution in [1.82, 2.24) is 10.2 Å². The maximum Gasteiger partial charge on any atom is 0.243 e. The van der Waals surface area contributed by atoms with Gasteiger partial charge in [0.05, 0.1) is 27.8 Å². The van der Waals surface area contributed by atoms with Gasteiger partial charge in [0.25, 0.3) is 0 Å². The first-order valence-electron chi connectivity index (χ1n) is 12.8. The molecule has 3 rings (SSSR count). The molecule has 3 aromatic carbocycles. The highest BCUT2D eigenvalue weighted by molar-refractivity contribution is 5.89. The second kappa shape index (κ2) is 14.1. The van der Waals surface area contributed by atoms with E-state index in [4.69, 9.17) is 14.2 Å². The second-order valence-electron chi connectivity index (χ2n) is 9.58. The van der Waals surface area contributed by atoms with Crippen LogP contribution in [0.5, 0.6) is 17.2 Å². The Morgan fingerprint density at radius 1 is 0.789 bits per heavy atom. The molecular weight excluding hydrogens is 480 g/mol. The Labute approximate surface area is 225 Å². The molecule has 1 N–H and O–H groups in total. The summed E-state index contributed by atoms with van der Waals surface area (Å²) in [5.41, 5.74) is 2.66. The van der Waals surface area contributed by atoms with Gasteiger partial charge in [0.2, 0.25) is 11.8 Å². The Morgan fingerprint density at radius 2 is 1.45 bits per heavy atom. The molecule has 0 fully saturated rings. The molecule has 0 aromatic heterocycles. The largest absolute Gasteiger partial charge is 0.497 e. The summed E-state index contributed by atoms with van der Waals surface area (Å²) in [6, 6.07) is 22.1. The predicted molar refractivity (Wildman–Crippen MR) is 149 cm³/mol. The van der Waals surface area contributed by atoms with Crippen LogP contribution >= 0.6 is 0 Å². The molecular formula is C31H38N2O5. The van der Waals surface area contributed by atoms with Gasteiger partial charge in [0.1, 0.15) is 11.8 Å². The fourth-order valence-corrected chi connectivity index (χ4v) is 4.17. The monoisotopic (exact) mass is 518 g/mol. The molecule has 3 aromatic rings. The van der Waals surface area contributed by atoms with E-state index in [9.17, 15) is 9.59 Å². The number of hydrogen-bond donors (Lipinski definition) is 1. The number of amides is 2. The molecule has 2 amide bonds. The molecule has 0 aliphatic carbocycles. The summed E-state index contributed by atoms with van der Waals surface area (Å²) in [7, 11) is 4.75. The first kappa shape index (κ1) is 28.6. The summed E-state index contributed by atoms with van der Waals surface area (Å²) < 4.78 is 16.1. The van der Waals surface area contributed by atoms with E-state index < -0.39 is 6.04 Å². The minimum atomic E-state index is -0.689. The lowest BCUT2D eigenvalue weighted by molar-refractivity contribution is -0.140. The molecule has 0 aliphatic rings. The average Bonchev–Trinajstić information content (AvgIpc) is 2.94. The molecule has 202 valence electrons. The number of rotatable bonds is 13. The summed E-state index contributed by atoms with van der Waals surface area (Å²) in [6.45, 7) is 4.90. The van der Waals surface area contributed by atoms with E-state index in [2.05, 4.69) is 5.32 Å². The third kappa shape index (κ3) is 8.00. The highest BCUT2D eigenvalue weighted by Crippen LogP contribution is 2.28. The smallest absolute Gasteiger partial charge is 0.243 e. The predicted octanol–water partition coefficient (Wildman–Crippen LogP) is 4.67. The fourth-order valence-electron chi connectivity index (χ4n) is 4.17. The van der Waals surface area contributed by atoms with Crippen molar-refractivity contribution in [2.24, 2.45) is 5.92 Å². The third-order valence-electron chi connectivity index (χ3n) is 6.27. The van der Waals surface area contributed by atoms with Crippen LogP contribution in [0.25, 0.3) is 0 Å². The van der Waals surface area contributed by atoms with Gasteiger partial charge in [-0.15, -0.1) is 0 Å². The molecule has 0 heterocycles. The lowest BCUT2D eigenvalue weighted by atomic mass is 10.0. The van der Waals surface area contributed by atoms with Crippen LogP contribution in [0.2, 0.25) is 0 Å². The van der Waals surface area contributed by atoms with Crippen molar-refractivity contribution in [1.29, 1.82) is 0 Å². The van der Waals surface area contributed by atoms with E-state index in [0.717, 1.165) is 22.4 Å². The summed E-state index contributed by atoms with van der Waals surface area (Å²) in [6.07, 6.45) is 0.512. The van der Waals surface area contributed by atoms with E-state index in [1.54, 1.807) is 38.4 Å². The van der Waals surface area contributed by atoms with Crippen molar-refractivity contribution in [3.63, 3.8) is 0 Å². The highest BCUT2D eigenvalue weighted by Gasteiger charge is 2.30. The van der Waals surface area contributed by atoms with Crippen molar-refractivity contribution in [2.75, 3.05) is 27.9 Å². The average molecular weight is 519 g/mol. The quantitative estimate of drug-likeness (QED) is 0.356. The van der Waals surface area contributed by atoms with E-state index >= 15 is 0 Å². The van der Waals surface area contributed by atoms with Gasteiger partial charge in [-0.3, -0.25) is 9.59 Å². The maximum atomic E-state index is 13.9. The number of carbonyl (C=O) groups excluding carboxylic acids is 2. The summed E-state index contributed by atoms with van der Waals surface area (Å²) in [4.78, 5) is 29.2. The Kier molecular flexibility index (Phi) is 10.6. The Balaban J connectivity index is 1.97. The van der Waals surface area contributed by atoms with Crippen LogP contribution in [0, 0.1) is 5.92 Å². The molecule has 0 spiro atoms. The van der Waals surface area contributed by atoms with E-state index in [1.807, 2.05) is 74.5 Å². The van der Waals surface area contributed by atoms with Gasteiger partial charge in [-0.05, 0) is 46.9 Å². The maximum absolute atomic E-state index is 13.9. The molecule has 0 bridgehead atoms. The third-order valence-corrected chi connectivity index (χ3v) is 6.27. The second-order valence-corrected chi connectivity index (χ2v) is 9.58. The molecule has 0 aliphatic heterocycles. The Hall–Kier alpha value is -4.00. The fraction of sp³-hybridized carbons (Fsp3) is 0.355. The van der Waals surface area contributed by atoms with Crippen LogP contribution in [0.3, 0.4) is 0 Å². The van der Waals surface area contributed by atoms with Crippen LogP contribution in [-0.4, -0.2) is 50.6 Å². The van der Waals surface area contributed by atoms with Gasteiger partial charge < -0.3 is 24.4 Å². The number of nitrogens with one attached hydrogen (secondary N) is 1. The molecule has 7 nitrogen and oxygen atoms in total. The van der Waals surface area contributed by atoms with Gasteiger partial charge in [-0.2, -0.15) is 0 Å². The first-order chi connectivity index (χ1) is 18.3. The Morgan fingerprint density at radius 3 is 2.05 bits per heavy atom. The minimum absolute atomic E-state index is 0.110. The topological polar surface area (TPSA) is 77.1 Å². The number of hydrogen-bond acceptors (Lipinski definition) is 5. The van der Waals surface area contributed by atoms with Crippen LogP contribution < -0.4 is 19.5 Å². The van der Waals surface area contributed by atoms with E-state index in [0.29, 0.717) is 24.5 Å². The van der Waals surface area contributed by atoms with Crippen molar-refractivity contribution in [2.45, 2.75) is 39.3 Å². The summed E-state index contributed by atoms with van der Waals surface area (Å²) >= 11 is 0. The zero-order valence-corrected chi connectivity index (χ0v) is 22.9. The molecule has 0 radical (unpaired) electrons. The lowest BCUT2D eigenvalue weighted by Gasteiger charge is -2.32. The molecule has 1 atom stereocenters. The lowest BCUT2D eigenvalue weighted by Crippen LogP contribution is -2.51. The first-order valence-corrected chi connectivity index (χ1v) is 12.8. The SMILES string of the molecule is COc1ccc(CN(C(=O)Cc2ccc(OC)c(OC)c2)[C@@H](Cc2ccccc2)C(=O)NCC(C)C)cc1. The summed E-state index contributed by atoms with van der Waals surface area (Å²) in [5.74, 6) is 1.83. The number of benzene rings is 3. The molecule has 7 heteroatoms. The molecule has 0 saturated heterocycles. The van der Waals surface area contributed by atoms with Gasteiger partial charge in [-0.25, -0.2) is 0 Å². The zero-order valence-electron chi connectivity index (χ0n) is 22.9. The van der Waals surface area contributed by atoms with Crippen molar-refractivity contribution < 1.29 is 23.8 Å². The van der Waals surface area contributed by atoms with Gasteiger partial charge in [0.15, 0.2) is 11.5 Å². The van der Waals surface area contributed by atoms with E-state index in [1.165, 1.54) is 0 Å². The van der Waals surface area contributed by atoms with Crippen LogP contribution in [0.1, 0.15) is 30.5 Å². The summed E-state index contributed by atoms with van der Waals surface area (Å²) in [5, 5.41) is 3.05. The standard InChI is InChI=1S/C31H38N2O5/c1-22(2)20-32-31(35)27(17-23-9-7-6-8-10-23)33(21-24-11-14-26(36-3)15-12-24)30(34)19-25-13-16-28(37-4)29(18-25)38-5/h6-16,18,22,27H,17,19-21H2,1-5H3,(H,32,35)/t27-/m0/s1. The van der Waals surface area contributed by atoms with Crippen LogP contribution in [0.4, 0.5) is 0 Å². The normalized spacial score (nSPS) is 11.5. The van der Waals surface area contributed by atoms with Crippen molar-refractivity contribution in [3.05, 3.63) is 89.5 Å². The number of carbonyl (C=O) groups is 2. The van der Waals surface area contributed by atoms with Crippen LogP contribution in [-0.2, 0) is 29.0 Å². The van der Waals surface area contributed by atoms with Gasteiger partial charge in [0, 0.05) is 19.5 Å². The van der Waals surface area contributed by atoms with Gasteiger partial charge >= 0.3 is 0 Å². The Bertz CT molecular complexity index is 1180.